The summed E-state index contributed by atoms with van der Waals surface area (Å²) in [6, 6.07) is 47.4. The summed E-state index contributed by atoms with van der Waals surface area (Å²) >= 11 is 0. The zero-order valence-electron chi connectivity index (χ0n) is 20.6. The highest BCUT2D eigenvalue weighted by Gasteiger charge is 2.09. The summed E-state index contributed by atoms with van der Waals surface area (Å²) in [6.07, 6.45) is 0. The van der Waals surface area contributed by atoms with Gasteiger partial charge in [0, 0.05) is 21.9 Å². The van der Waals surface area contributed by atoms with Crippen LogP contribution in [0.2, 0.25) is 0 Å². The van der Waals surface area contributed by atoms with Crippen LogP contribution in [0.25, 0.3) is 76.6 Å². The summed E-state index contributed by atoms with van der Waals surface area (Å²) in [4.78, 5) is 10.0. The maximum atomic E-state index is 5.07. The first-order valence-corrected chi connectivity index (χ1v) is 12.9. The SMILES string of the molecule is c1ccc2cc3nc(-c4ccc5ccc6ccc(-c7ccc8ccccc8n7)cc6c5c4)ccc3cc2c1. The predicted molar refractivity (Wildman–Crippen MR) is 160 cm³/mol. The van der Waals surface area contributed by atoms with Crippen LogP contribution in [-0.4, -0.2) is 9.97 Å². The lowest BCUT2D eigenvalue weighted by Gasteiger charge is -2.10. The highest BCUT2D eigenvalue weighted by atomic mass is 14.7. The van der Waals surface area contributed by atoms with Crippen molar-refractivity contribution in [3.8, 4) is 22.5 Å². The molecular formula is C36H22N2. The molecule has 0 saturated heterocycles. The third-order valence-corrected chi connectivity index (χ3v) is 7.59. The van der Waals surface area contributed by atoms with E-state index < -0.39 is 0 Å². The van der Waals surface area contributed by atoms with Crippen molar-refractivity contribution >= 4 is 54.1 Å². The molecule has 0 amide bonds. The molecule has 8 aromatic rings. The van der Waals surface area contributed by atoms with Crippen molar-refractivity contribution < 1.29 is 0 Å². The molecule has 8 rings (SSSR count). The van der Waals surface area contributed by atoms with E-state index in [4.69, 9.17) is 9.97 Å². The summed E-state index contributed by atoms with van der Waals surface area (Å²) in [6.45, 7) is 0. The van der Waals surface area contributed by atoms with Crippen LogP contribution in [0.15, 0.2) is 133 Å². The Morgan fingerprint density at radius 2 is 0.816 bits per heavy atom. The second-order valence-corrected chi connectivity index (χ2v) is 9.92. The van der Waals surface area contributed by atoms with Crippen LogP contribution in [0, 0.1) is 0 Å². The summed E-state index contributed by atoms with van der Waals surface area (Å²) in [5.74, 6) is 0. The number of fused-ring (bicyclic) bond motifs is 6. The number of benzene rings is 6. The van der Waals surface area contributed by atoms with Crippen LogP contribution in [0.5, 0.6) is 0 Å². The van der Waals surface area contributed by atoms with Gasteiger partial charge in [0.25, 0.3) is 0 Å². The van der Waals surface area contributed by atoms with Crippen LogP contribution in [0.3, 0.4) is 0 Å². The summed E-state index contributed by atoms with van der Waals surface area (Å²) in [7, 11) is 0. The zero-order chi connectivity index (χ0) is 25.1. The highest BCUT2D eigenvalue weighted by molar-refractivity contribution is 6.10. The van der Waals surface area contributed by atoms with Gasteiger partial charge in [0.15, 0.2) is 0 Å². The number of nitrogens with zero attached hydrogens (tertiary/aromatic N) is 2. The van der Waals surface area contributed by atoms with Crippen LogP contribution in [0.4, 0.5) is 0 Å². The van der Waals surface area contributed by atoms with Gasteiger partial charge < -0.3 is 0 Å². The fourth-order valence-corrected chi connectivity index (χ4v) is 5.57. The Morgan fingerprint density at radius 1 is 0.316 bits per heavy atom. The molecule has 0 aliphatic heterocycles. The van der Waals surface area contributed by atoms with Gasteiger partial charge in [-0.2, -0.15) is 0 Å². The third kappa shape index (κ3) is 3.42. The molecule has 0 bridgehead atoms. The van der Waals surface area contributed by atoms with E-state index in [9.17, 15) is 0 Å². The molecule has 2 aromatic heterocycles. The predicted octanol–water partition coefficient (Wildman–Crippen LogP) is 9.58. The lowest BCUT2D eigenvalue weighted by molar-refractivity contribution is 1.40. The average molecular weight is 483 g/mol. The number of aromatic nitrogens is 2. The van der Waals surface area contributed by atoms with Gasteiger partial charge in [0.2, 0.25) is 0 Å². The van der Waals surface area contributed by atoms with Crippen molar-refractivity contribution in [2.75, 3.05) is 0 Å². The minimum Gasteiger partial charge on any atom is -0.248 e. The number of hydrogen-bond acceptors (Lipinski definition) is 2. The van der Waals surface area contributed by atoms with E-state index in [0.717, 1.165) is 44.3 Å². The molecule has 38 heavy (non-hydrogen) atoms. The van der Waals surface area contributed by atoms with Crippen molar-refractivity contribution in [3.63, 3.8) is 0 Å². The second kappa shape index (κ2) is 8.22. The van der Waals surface area contributed by atoms with Crippen LogP contribution in [0.1, 0.15) is 0 Å². The topological polar surface area (TPSA) is 25.8 Å². The van der Waals surface area contributed by atoms with Crippen LogP contribution >= 0.6 is 0 Å². The summed E-state index contributed by atoms with van der Waals surface area (Å²) in [5.41, 5.74) is 6.25. The van der Waals surface area contributed by atoms with Crippen molar-refractivity contribution in [1.29, 1.82) is 0 Å². The van der Waals surface area contributed by atoms with Crippen molar-refractivity contribution in [1.82, 2.24) is 9.97 Å². The van der Waals surface area contributed by atoms with E-state index in [2.05, 4.69) is 127 Å². The number of hydrogen-bond donors (Lipinski definition) is 0. The summed E-state index contributed by atoms with van der Waals surface area (Å²) in [5, 5.41) is 9.65. The highest BCUT2D eigenvalue weighted by Crippen LogP contribution is 2.33. The fraction of sp³-hybridized carbons (Fsp3) is 0. The minimum absolute atomic E-state index is 0.985. The fourth-order valence-electron chi connectivity index (χ4n) is 5.57. The van der Waals surface area contributed by atoms with Gasteiger partial charge in [-0.1, -0.05) is 91.0 Å². The average Bonchev–Trinajstić information content (AvgIpc) is 2.99. The molecule has 0 atom stereocenters. The van der Waals surface area contributed by atoms with Gasteiger partial charge in [-0.3, -0.25) is 0 Å². The van der Waals surface area contributed by atoms with Gasteiger partial charge in [-0.25, -0.2) is 9.97 Å². The minimum atomic E-state index is 0.985. The Morgan fingerprint density at radius 3 is 1.50 bits per heavy atom. The Kier molecular flexibility index (Phi) is 4.55. The van der Waals surface area contributed by atoms with Gasteiger partial charge in [-0.05, 0) is 74.8 Å². The third-order valence-electron chi connectivity index (χ3n) is 7.59. The van der Waals surface area contributed by atoms with E-state index in [1.54, 1.807) is 0 Å². The van der Waals surface area contributed by atoms with Crippen molar-refractivity contribution in [2.45, 2.75) is 0 Å². The monoisotopic (exact) mass is 482 g/mol. The largest absolute Gasteiger partial charge is 0.248 e. The molecule has 0 radical (unpaired) electrons. The first-order valence-electron chi connectivity index (χ1n) is 12.9. The molecule has 2 heteroatoms. The first-order chi connectivity index (χ1) is 18.8. The normalized spacial score (nSPS) is 11.7. The molecule has 0 spiro atoms. The van der Waals surface area contributed by atoms with E-state index in [1.165, 1.54) is 32.3 Å². The molecule has 0 fully saturated rings. The van der Waals surface area contributed by atoms with E-state index in [1.807, 2.05) is 6.07 Å². The smallest absolute Gasteiger partial charge is 0.0715 e. The zero-order valence-corrected chi connectivity index (χ0v) is 20.6. The molecule has 2 heterocycles. The standard InChI is InChI=1S/C36H22N2/c1-2-7-27-22-36-28(19-26(27)6-1)16-18-35(38-36)30-14-12-24-10-9-23-11-13-29(20-31(23)32(24)21-30)34-17-15-25-5-3-4-8-33(25)37-34/h1-22H. The molecule has 0 N–H and O–H groups in total. The lowest BCUT2D eigenvalue weighted by atomic mass is 9.96. The van der Waals surface area contributed by atoms with Crippen molar-refractivity contribution in [2.24, 2.45) is 0 Å². The summed E-state index contributed by atoms with van der Waals surface area (Å²) < 4.78 is 0. The van der Waals surface area contributed by atoms with Gasteiger partial charge in [0.1, 0.15) is 0 Å². The Hall–Kier alpha value is -5.08. The van der Waals surface area contributed by atoms with Crippen LogP contribution in [-0.2, 0) is 0 Å². The van der Waals surface area contributed by atoms with E-state index in [0.29, 0.717) is 0 Å². The maximum absolute atomic E-state index is 5.07. The van der Waals surface area contributed by atoms with Crippen molar-refractivity contribution in [3.05, 3.63) is 133 Å². The molecule has 0 aliphatic carbocycles. The first kappa shape index (κ1) is 21.0. The molecule has 0 unspecified atom stereocenters. The van der Waals surface area contributed by atoms with E-state index in [-0.39, 0.29) is 0 Å². The van der Waals surface area contributed by atoms with Gasteiger partial charge in [0.05, 0.1) is 22.4 Å². The molecule has 6 aromatic carbocycles. The molecule has 2 nitrogen and oxygen atoms in total. The lowest BCUT2D eigenvalue weighted by Crippen LogP contribution is -1.88. The van der Waals surface area contributed by atoms with Gasteiger partial charge >= 0.3 is 0 Å². The Labute approximate surface area is 219 Å². The van der Waals surface area contributed by atoms with Crippen LogP contribution < -0.4 is 0 Å². The molecular weight excluding hydrogens is 460 g/mol. The Balaban J connectivity index is 1.29. The molecule has 0 aliphatic rings. The number of rotatable bonds is 2. The molecule has 0 saturated carbocycles. The van der Waals surface area contributed by atoms with E-state index >= 15 is 0 Å². The second-order valence-electron chi connectivity index (χ2n) is 9.92. The maximum Gasteiger partial charge on any atom is 0.0715 e. The molecule has 176 valence electrons. The number of pyridine rings is 2. The van der Waals surface area contributed by atoms with Gasteiger partial charge in [-0.15, -0.1) is 0 Å². The Bertz CT molecular complexity index is 2190. The quantitative estimate of drug-likeness (QED) is 0.181. The number of para-hydroxylation sites is 1.